The van der Waals surface area contributed by atoms with Gasteiger partial charge in [-0.05, 0) is 48.7 Å². The van der Waals surface area contributed by atoms with Crippen molar-refractivity contribution in [3.05, 3.63) is 99.3 Å². The second-order valence-corrected chi connectivity index (χ2v) is 7.91. The minimum atomic E-state index is -0.240. The predicted octanol–water partition coefficient (Wildman–Crippen LogP) is 5.71. The third-order valence-electron chi connectivity index (χ3n) is 4.62. The summed E-state index contributed by atoms with van der Waals surface area (Å²) >= 11 is 7.83. The molecule has 0 bridgehead atoms. The topological polar surface area (TPSA) is 34.4 Å². The first kappa shape index (κ1) is 18.7. The maximum Gasteiger partial charge on any atom is 0.279 e. The number of aryl methyl sites for hydroxylation is 1. The van der Waals surface area contributed by atoms with E-state index in [1.807, 2.05) is 72.2 Å². The standard InChI is InChI=1S/C23H19ClN2OS/c1-2-26-21-19(24)9-6-10-20(21)28-23(26)25-22(27)18-13-11-17(12-14-18)15-16-7-4-3-5-8-16/h3-14H,2,15H2,1H3. The molecule has 0 unspecified atom stereocenters. The van der Waals surface area contributed by atoms with Gasteiger partial charge < -0.3 is 4.57 Å². The summed E-state index contributed by atoms with van der Waals surface area (Å²) in [6, 6.07) is 23.7. The van der Waals surface area contributed by atoms with Gasteiger partial charge in [-0.25, -0.2) is 0 Å². The molecule has 0 aliphatic rings. The lowest BCUT2D eigenvalue weighted by atomic mass is 10.0. The van der Waals surface area contributed by atoms with E-state index in [9.17, 15) is 4.79 Å². The van der Waals surface area contributed by atoms with Crippen molar-refractivity contribution in [2.24, 2.45) is 4.99 Å². The Hall–Kier alpha value is -2.69. The first-order valence-corrected chi connectivity index (χ1v) is 10.3. The zero-order valence-corrected chi connectivity index (χ0v) is 17.0. The number of aromatic nitrogens is 1. The number of hydrogen-bond donors (Lipinski definition) is 0. The molecule has 3 aromatic carbocycles. The van der Waals surface area contributed by atoms with E-state index in [1.165, 1.54) is 22.5 Å². The van der Waals surface area contributed by atoms with Crippen LogP contribution < -0.4 is 4.80 Å². The lowest BCUT2D eigenvalue weighted by Crippen LogP contribution is -2.16. The van der Waals surface area contributed by atoms with E-state index in [0.29, 0.717) is 21.9 Å². The number of halogens is 1. The number of carbonyl (C=O) groups excluding carboxylic acids is 1. The molecular formula is C23H19ClN2OS. The number of carbonyl (C=O) groups is 1. The first-order chi connectivity index (χ1) is 13.7. The van der Waals surface area contributed by atoms with Gasteiger partial charge in [0.25, 0.3) is 5.91 Å². The van der Waals surface area contributed by atoms with E-state index in [0.717, 1.165) is 16.6 Å². The number of nitrogens with zero attached hydrogens (tertiary/aromatic N) is 2. The van der Waals surface area contributed by atoms with Crippen molar-refractivity contribution in [1.29, 1.82) is 0 Å². The van der Waals surface area contributed by atoms with Crippen LogP contribution in [0.25, 0.3) is 10.2 Å². The van der Waals surface area contributed by atoms with Crippen molar-refractivity contribution in [3.63, 3.8) is 0 Å². The second kappa shape index (κ2) is 8.13. The number of para-hydroxylation sites is 1. The summed E-state index contributed by atoms with van der Waals surface area (Å²) in [5.74, 6) is -0.240. The van der Waals surface area contributed by atoms with Crippen LogP contribution in [-0.4, -0.2) is 10.5 Å². The average Bonchev–Trinajstić information content (AvgIpc) is 3.07. The first-order valence-electron chi connectivity index (χ1n) is 9.15. The SMILES string of the molecule is CCn1c(=NC(=O)c2ccc(Cc3ccccc3)cc2)sc2cccc(Cl)c21. The molecule has 1 amide bonds. The lowest BCUT2D eigenvalue weighted by Gasteiger charge is -2.03. The summed E-state index contributed by atoms with van der Waals surface area (Å²) in [6.45, 7) is 2.73. The van der Waals surface area contributed by atoms with Gasteiger partial charge in [-0.2, -0.15) is 4.99 Å². The predicted molar refractivity (Wildman–Crippen MR) is 116 cm³/mol. The molecule has 0 fully saturated rings. The summed E-state index contributed by atoms with van der Waals surface area (Å²) in [6.07, 6.45) is 0.844. The Morgan fingerprint density at radius 3 is 2.39 bits per heavy atom. The number of hydrogen-bond acceptors (Lipinski definition) is 2. The molecule has 1 aromatic heterocycles. The van der Waals surface area contributed by atoms with Gasteiger partial charge in [-0.3, -0.25) is 4.79 Å². The number of benzene rings is 3. The molecule has 0 atom stereocenters. The van der Waals surface area contributed by atoms with E-state index >= 15 is 0 Å². The Kier molecular flexibility index (Phi) is 5.42. The summed E-state index contributed by atoms with van der Waals surface area (Å²) in [7, 11) is 0. The number of amides is 1. The van der Waals surface area contributed by atoms with Crippen LogP contribution in [0.1, 0.15) is 28.4 Å². The fourth-order valence-electron chi connectivity index (χ4n) is 3.21. The zero-order valence-electron chi connectivity index (χ0n) is 15.4. The van der Waals surface area contributed by atoms with E-state index in [4.69, 9.17) is 11.6 Å². The minimum Gasteiger partial charge on any atom is -0.315 e. The van der Waals surface area contributed by atoms with Crippen LogP contribution in [0.4, 0.5) is 0 Å². The molecule has 140 valence electrons. The molecule has 3 nitrogen and oxygen atoms in total. The van der Waals surface area contributed by atoms with Crippen LogP contribution in [0.3, 0.4) is 0 Å². The van der Waals surface area contributed by atoms with Gasteiger partial charge in [0.15, 0.2) is 4.80 Å². The lowest BCUT2D eigenvalue weighted by molar-refractivity contribution is 0.0998. The van der Waals surface area contributed by atoms with Crippen LogP contribution in [0.15, 0.2) is 77.8 Å². The largest absolute Gasteiger partial charge is 0.315 e. The Balaban J connectivity index is 1.63. The minimum absolute atomic E-state index is 0.240. The Morgan fingerprint density at radius 1 is 0.964 bits per heavy atom. The molecule has 0 aliphatic heterocycles. The molecule has 0 spiro atoms. The van der Waals surface area contributed by atoms with Gasteiger partial charge in [-0.15, -0.1) is 0 Å². The fraction of sp³-hybridized carbons (Fsp3) is 0.130. The third kappa shape index (κ3) is 3.79. The molecule has 0 N–H and O–H groups in total. The third-order valence-corrected chi connectivity index (χ3v) is 5.97. The molecule has 4 aromatic rings. The highest BCUT2D eigenvalue weighted by Gasteiger charge is 2.10. The van der Waals surface area contributed by atoms with Gasteiger partial charge in [-0.1, -0.05) is 71.5 Å². The van der Waals surface area contributed by atoms with Crippen molar-refractivity contribution in [3.8, 4) is 0 Å². The smallest absolute Gasteiger partial charge is 0.279 e. The Labute approximate surface area is 172 Å². The summed E-state index contributed by atoms with van der Waals surface area (Å²) in [5, 5.41) is 0.676. The number of thiazole rings is 1. The average molecular weight is 407 g/mol. The van der Waals surface area contributed by atoms with Crippen molar-refractivity contribution in [2.45, 2.75) is 19.9 Å². The van der Waals surface area contributed by atoms with E-state index in [-0.39, 0.29) is 5.91 Å². The maximum atomic E-state index is 12.7. The molecule has 28 heavy (non-hydrogen) atoms. The Morgan fingerprint density at radius 2 is 1.68 bits per heavy atom. The molecule has 0 saturated carbocycles. The molecule has 4 rings (SSSR count). The van der Waals surface area contributed by atoms with Crippen LogP contribution in [0.2, 0.25) is 5.02 Å². The quantitative estimate of drug-likeness (QED) is 0.427. The summed E-state index contributed by atoms with van der Waals surface area (Å²) in [4.78, 5) is 17.8. The number of fused-ring (bicyclic) bond motifs is 1. The maximum absolute atomic E-state index is 12.7. The van der Waals surface area contributed by atoms with Gasteiger partial charge in [0.1, 0.15) is 0 Å². The van der Waals surface area contributed by atoms with Crippen molar-refractivity contribution < 1.29 is 4.79 Å². The molecule has 1 heterocycles. The van der Waals surface area contributed by atoms with E-state index in [2.05, 4.69) is 17.1 Å². The van der Waals surface area contributed by atoms with Crippen molar-refractivity contribution in [2.75, 3.05) is 0 Å². The van der Waals surface area contributed by atoms with Crippen LogP contribution in [0.5, 0.6) is 0 Å². The molecule has 5 heteroatoms. The van der Waals surface area contributed by atoms with Crippen LogP contribution >= 0.6 is 22.9 Å². The highest BCUT2D eigenvalue weighted by Crippen LogP contribution is 2.25. The normalized spacial score (nSPS) is 11.9. The van der Waals surface area contributed by atoms with Gasteiger partial charge in [0.2, 0.25) is 0 Å². The van der Waals surface area contributed by atoms with Gasteiger partial charge in [0, 0.05) is 12.1 Å². The van der Waals surface area contributed by atoms with Gasteiger partial charge >= 0.3 is 0 Å². The molecule has 0 saturated heterocycles. The monoisotopic (exact) mass is 406 g/mol. The van der Waals surface area contributed by atoms with Crippen molar-refractivity contribution in [1.82, 2.24) is 4.57 Å². The molecule has 0 aliphatic carbocycles. The van der Waals surface area contributed by atoms with Gasteiger partial charge in [0.05, 0.1) is 15.2 Å². The second-order valence-electron chi connectivity index (χ2n) is 6.49. The zero-order chi connectivity index (χ0) is 19.5. The summed E-state index contributed by atoms with van der Waals surface area (Å²) in [5.41, 5.74) is 3.93. The van der Waals surface area contributed by atoms with E-state index < -0.39 is 0 Å². The van der Waals surface area contributed by atoms with Crippen LogP contribution in [-0.2, 0) is 13.0 Å². The van der Waals surface area contributed by atoms with Crippen molar-refractivity contribution >= 4 is 39.1 Å². The fourth-order valence-corrected chi connectivity index (χ4v) is 4.67. The highest BCUT2D eigenvalue weighted by atomic mass is 35.5. The van der Waals surface area contributed by atoms with Crippen LogP contribution in [0, 0.1) is 0 Å². The summed E-state index contributed by atoms with van der Waals surface area (Å²) < 4.78 is 3.02. The Bertz CT molecular complexity index is 1190. The molecular weight excluding hydrogens is 388 g/mol. The number of rotatable bonds is 4. The highest BCUT2D eigenvalue weighted by molar-refractivity contribution is 7.16. The molecule has 0 radical (unpaired) electrons. The van der Waals surface area contributed by atoms with E-state index in [1.54, 1.807) is 0 Å².